The van der Waals surface area contributed by atoms with Gasteiger partial charge in [0.15, 0.2) is 0 Å². The van der Waals surface area contributed by atoms with Crippen molar-refractivity contribution in [1.82, 2.24) is 5.32 Å². The summed E-state index contributed by atoms with van der Waals surface area (Å²) in [7, 11) is 0. The molecule has 1 aliphatic carbocycles. The fourth-order valence-corrected chi connectivity index (χ4v) is 1.76. The van der Waals surface area contributed by atoms with Crippen molar-refractivity contribution in [3.63, 3.8) is 0 Å². The van der Waals surface area contributed by atoms with E-state index in [1.165, 1.54) is 18.4 Å². The molecule has 0 saturated heterocycles. The highest BCUT2D eigenvalue weighted by Crippen LogP contribution is 2.19. The van der Waals surface area contributed by atoms with Crippen LogP contribution in [0.5, 0.6) is 5.75 Å². The SMILES string of the molecule is CCc1ccc(OCC(CO)NC2CC2)cc1. The lowest BCUT2D eigenvalue weighted by molar-refractivity contribution is 0.182. The average molecular weight is 235 g/mol. The summed E-state index contributed by atoms with van der Waals surface area (Å²) in [4.78, 5) is 0. The zero-order chi connectivity index (χ0) is 12.1. The van der Waals surface area contributed by atoms with E-state index >= 15 is 0 Å². The molecular weight excluding hydrogens is 214 g/mol. The van der Waals surface area contributed by atoms with Crippen LogP contribution in [0.15, 0.2) is 24.3 Å². The summed E-state index contributed by atoms with van der Waals surface area (Å²) in [6, 6.07) is 8.79. The Morgan fingerprint density at radius 1 is 1.35 bits per heavy atom. The maximum atomic E-state index is 9.22. The Morgan fingerprint density at radius 2 is 2.06 bits per heavy atom. The van der Waals surface area contributed by atoms with Gasteiger partial charge in [-0.15, -0.1) is 0 Å². The van der Waals surface area contributed by atoms with Crippen LogP contribution < -0.4 is 10.1 Å². The largest absolute Gasteiger partial charge is 0.492 e. The number of aliphatic hydroxyl groups excluding tert-OH is 1. The van der Waals surface area contributed by atoms with Crippen LogP contribution in [-0.4, -0.2) is 30.4 Å². The van der Waals surface area contributed by atoms with Crippen molar-refractivity contribution < 1.29 is 9.84 Å². The first-order valence-corrected chi connectivity index (χ1v) is 6.40. The summed E-state index contributed by atoms with van der Waals surface area (Å²) in [6.45, 7) is 2.79. The van der Waals surface area contributed by atoms with Gasteiger partial charge in [0, 0.05) is 6.04 Å². The van der Waals surface area contributed by atoms with Crippen LogP contribution in [0.4, 0.5) is 0 Å². The van der Waals surface area contributed by atoms with Gasteiger partial charge in [0.05, 0.1) is 12.6 Å². The molecule has 1 fully saturated rings. The zero-order valence-corrected chi connectivity index (χ0v) is 10.4. The van der Waals surface area contributed by atoms with Crippen molar-refractivity contribution in [2.75, 3.05) is 13.2 Å². The molecule has 1 aromatic carbocycles. The minimum atomic E-state index is 0.0494. The molecule has 0 radical (unpaired) electrons. The minimum absolute atomic E-state index is 0.0494. The third kappa shape index (κ3) is 4.02. The molecule has 0 spiro atoms. The minimum Gasteiger partial charge on any atom is -0.492 e. The summed E-state index contributed by atoms with van der Waals surface area (Å²) >= 11 is 0. The van der Waals surface area contributed by atoms with Gasteiger partial charge in [-0.1, -0.05) is 19.1 Å². The maximum absolute atomic E-state index is 9.22. The van der Waals surface area contributed by atoms with Crippen LogP contribution in [0.3, 0.4) is 0 Å². The van der Waals surface area contributed by atoms with Crippen molar-refractivity contribution >= 4 is 0 Å². The van der Waals surface area contributed by atoms with Gasteiger partial charge in [-0.25, -0.2) is 0 Å². The fraction of sp³-hybridized carbons (Fsp3) is 0.571. The lowest BCUT2D eigenvalue weighted by Gasteiger charge is -2.16. The van der Waals surface area contributed by atoms with Crippen molar-refractivity contribution in [2.45, 2.75) is 38.3 Å². The Labute approximate surface area is 103 Å². The van der Waals surface area contributed by atoms with E-state index in [0.29, 0.717) is 12.6 Å². The van der Waals surface area contributed by atoms with Crippen LogP contribution in [-0.2, 0) is 6.42 Å². The second-order valence-electron chi connectivity index (χ2n) is 4.63. The van der Waals surface area contributed by atoms with Crippen molar-refractivity contribution in [3.8, 4) is 5.75 Å². The Balaban J connectivity index is 1.78. The molecule has 3 nitrogen and oxygen atoms in total. The molecule has 3 heteroatoms. The van der Waals surface area contributed by atoms with Crippen molar-refractivity contribution in [1.29, 1.82) is 0 Å². The fourth-order valence-electron chi connectivity index (χ4n) is 1.76. The smallest absolute Gasteiger partial charge is 0.119 e. The predicted octanol–water partition coefficient (Wildman–Crippen LogP) is 1.74. The van der Waals surface area contributed by atoms with Crippen molar-refractivity contribution in [3.05, 3.63) is 29.8 Å². The molecule has 0 heterocycles. The molecule has 17 heavy (non-hydrogen) atoms. The zero-order valence-electron chi connectivity index (χ0n) is 10.4. The van der Waals surface area contributed by atoms with Crippen LogP contribution in [0, 0.1) is 0 Å². The number of ether oxygens (including phenoxy) is 1. The van der Waals surface area contributed by atoms with Gasteiger partial charge < -0.3 is 15.2 Å². The lowest BCUT2D eigenvalue weighted by Crippen LogP contribution is -2.39. The number of rotatable bonds is 7. The molecule has 1 unspecified atom stereocenters. The van der Waals surface area contributed by atoms with Gasteiger partial charge in [0.1, 0.15) is 12.4 Å². The molecule has 1 saturated carbocycles. The highest BCUT2D eigenvalue weighted by molar-refractivity contribution is 5.27. The molecule has 1 atom stereocenters. The summed E-state index contributed by atoms with van der Waals surface area (Å²) in [5.41, 5.74) is 1.31. The van der Waals surface area contributed by atoms with Crippen LogP contribution in [0.2, 0.25) is 0 Å². The Hall–Kier alpha value is -1.06. The Kier molecular flexibility index (Phi) is 4.40. The molecule has 0 aromatic heterocycles. The first-order valence-electron chi connectivity index (χ1n) is 6.40. The first-order chi connectivity index (χ1) is 8.31. The van der Waals surface area contributed by atoms with Gasteiger partial charge in [-0.3, -0.25) is 0 Å². The molecule has 0 amide bonds. The monoisotopic (exact) mass is 235 g/mol. The van der Waals surface area contributed by atoms with Crippen LogP contribution in [0.25, 0.3) is 0 Å². The maximum Gasteiger partial charge on any atom is 0.119 e. The molecule has 1 aromatic rings. The number of hydrogen-bond donors (Lipinski definition) is 2. The second-order valence-corrected chi connectivity index (χ2v) is 4.63. The van der Waals surface area contributed by atoms with Gasteiger partial charge in [-0.05, 0) is 37.0 Å². The molecule has 1 aliphatic rings. The lowest BCUT2D eigenvalue weighted by atomic mass is 10.2. The molecular formula is C14H21NO2. The van der Waals surface area contributed by atoms with E-state index in [1.54, 1.807) is 0 Å². The normalized spacial score (nSPS) is 16.8. The number of aliphatic hydroxyl groups is 1. The Bertz CT molecular complexity index is 333. The molecule has 2 N–H and O–H groups in total. The van der Waals surface area contributed by atoms with E-state index in [0.717, 1.165) is 12.2 Å². The standard InChI is InChI=1S/C14H21NO2/c1-2-11-3-7-14(8-4-11)17-10-13(9-16)15-12-5-6-12/h3-4,7-8,12-13,15-16H,2,5-6,9-10H2,1H3. The number of hydrogen-bond acceptors (Lipinski definition) is 3. The van der Waals surface area contributed by atoms with Gasteiger partial charge in [0.2, 0.25) is 0 Å². The summed E-state index contributed by atoms with van der Waals surface area (Å²) in [5, 5.41) is 12.6. The van der Waals surface area contributed by atoms with E-state index in [9.17, 15) is 5.11 Å². The van der Waals surface area contributed by atoms with E-state index in [4.69, 9.17) is 4.74 Å². The third-order valence-electron chi connectivity index (χ3n) is 3.05. The highest BCUT2D eigenvalue weighted by Gasteiger charge is 2.24. The number of aryl methyl sites for hydroxylation is 1. The summed E-state index contributed by atoms with van der Waals surface area (Å²) < 4.78 is 5.66. The second kappa shape index (κ2) is 6.03. The van der Waals surface area contributed by atoms with E-state index in [1.807, 2.05) is 12.1 Å². The molecule has 2 rings (SSSR count). The topological polar surface area (TPSA) is 41.5 Å². The predicted molar refractivity (Wildman–Crippen MR) is 68.3 cm³/mol. The van der Waals surface area contributed by atoms with E-state index in [-0.39, 0.29) is 12.6 Å². The van der Waals surface area contributed by atoms with Gasteiger partial charge in [-0.2, -0.15) is 0 Å². The average Bonchev–Trinajstić information content (AvgIpc) is 3.19. The molecule has 0 bridgehead atoms. The van der Waals surface area contributed by atoms with Crippen LogP contribution >= 0.6 is 0 Å². The van der Waals surface area contributed by atoms with E-state index < -0.39 is 0 Å². The highest BCUT2D eigenvalue weighted by atomic mass is 16.5. The molecule has 0 aliphatic heterocycles. The van der Waals surface area contributed by atoms with Gasteiger partial charge in [0.25, 0.3) is 0 Å². The number of nitrogens with one attached hydrogen (secondary N) is 1. The summed E-state index contributed by atoms with van der Waals surface area (Å²) in [6.07, 6.45) is 3.49. The van der Waals surface area contributed by atoms with Crippen molar-refractivity contribution in [2.24, 2.45) is 0 Å². The number of benzene rings is 1. The molecule has 94 valence electrons. The third-order valence-corrected chi connectivity index (χ3v) is 3.05. The van der Waals surface area contributed by atoms with Gasteiger partial charge >= 0.3 is 0 Å². The quantitative estimate of drug-likeness (QED) is 0.756. The first kappa shape index (κ1) is 12.4. The summed E-state index contributed by atoms with van der Waals surface area (Å²) in [5.74, 6) is 0.873. The Morgan fingerprint density at radius 3 is 2.59 bits per heavy atom. The van der Waals surface area contributed by atoms with E-state index in [2.05, 4.69) is 24.4 Å². The van der Waals surface area contributed by atoms with Crippen LogP contribution in [0.1, 0.15) is 25.3 Å².